The number of anilines is 2. The van der Waals surface area contributed by atoms with E-state index in [1.165, 1.54) is 0 Å². The van der Waals surface area contributed by atoms with Crippen molar-refractivity contribution < 1.29 is 22.7 Å². The molecule has 0 radical (unpaired) electrons. The molecule has 0 bridgehead atoms. The highest BCUT2D eigenvalue weighted by Crippen LogP contribution is 2.38. The van der Waals surface area contributed by atoms with Gasteiger partial charge in [0.1, 0.15) is 17.6 Å². The summed E-state index contributed by atoms with van der Waals surface area (Å²) in [6.45, 7) is 8.48. The van der Waals surface area contributed by atoms with E-state index in [2.05, 4.69) is 10.2 Å². The van der Waals surface area contributed by atoms with E-state index in [1.807, 2.05) is 32.7 Å². The van der Waals surface area contributed by atoms with Crippen LogP contribution in [0.15, 0.2) is 12.1 Å². The van der Waals surface area contributed by atoms with E-state index >= 15 is 0 Å². The lowest BCUT2D eigenvalue weighted by molar-refractivity contribution is -0.118. The summed E-state index contributed by atoms with van der Waals surface area (Å²) in [4.78, 5) is 26.4. The summed E-state index contributed by atoms with van der Waals surface area (Å²) in [7, 11) is 1.91. The zero-order valence-corrected chi connectivity index (χ0v) is 22.4. The number of benzene rings is 1. The largest absolute Gasteiger partial charge is 0.381 e. The number of hydrogen-bond acceptors (Lipinski definition) is 6. The van der Waals surface area contributed by atoms with Crippen molar-refractivity contribution in [2.24, 2.45) is 17.8 Å². The number of halogens is 3. The van der Waals surface area contributed by atoms with Crippen LogP contribution in [0.2, 0.25) is 0 Å². The van der Waals surface area contributed by atoms with Gasteiger partial charge in [0.15, 0.2) is 23.3 Å². The standard InChI is InChI=1S/C28H36F3N5O2/c1-15(2)26-28(37)34-25-16(3)32-23(33-27(25)35(26)4)11-18-7-20(8-18)36(12-17-5-6-38-14-17)13-19-9-21(29)24(31)22(30)10-19/h9-10,15,17-18,20,26H,5-8,11-14H2,1-4H3,(H,34,37)/t17?,18?,20?,26-/m0/s1. The normalized spacial score (nSPS) is 25.1. The lowest BCUT2D eigenvalue weighted by atomic mass is 9.76. The van der Waals surface area contributed by atoms with Crippen molar-refractivity contribution in [1.82, 2.24) is 14.9 Å². The third-order valence-electron chi connectivity index (χ3n) is 8.16. The molecule has 2 atom stereocenters. The van der Waals surface area contributed by atoms with Gasteiger partial charge in [0.2, 0.25) is 5.91 Å². The highest BCUT2D eigenvalue weighted by Gasteiger charge is 2.38. The molecule has 1 aliphatic carbocycles. The zero-order chi connectivity index (χ0) is 27.1. The molecule has 1 aromatic heterocycles. The van der Waals surface area contributed by atoms with Crippen molar-refractivity contribution in [2.45, 2.75) is 65.1 Å². The van der Waals surface area contributed by atoms with Gasteiger partial charge in [-0.15, -0.1) is 0 Å². The average molecular weight is 532 g/mol. The molecule has 1 aromatic carbocycles. The SMILES string of the molecule is Cc1nc(CC2CC(N(Cc3cc(F)c(F)c(F)c3)CC3CCOC3)C2)nc2c1NC(=O)[C@H](C(C)C)N2C. The van der Waals surface area contributed by atoms with E-state index in [-0.39, 0.29) is 23.9 Å². The van der Waals surface area contributed by atoms with E-state index in [0.29, 0.717) is 36.2 Å². The lowest BCUT2D eigenvalue weighted by Crippen LogP contribution is -2.50. The third-order valence-corrected chi connectivity index (χ3v) is 8.16. The van der Waals surface area contributed by atoms with Crippen LogP contribution in [0, 0.1) is 42.1 Å². The number of fused-ring (bicyclic) bond motifs is 1. The number of aryl methyl sites for hydroxylation is 1. The molecule has 3 heterocycles. The summed E-state index contributed by atoms with van der Waals surface area (Å²) in [5.74, 6) is -1.38. The maximum absolute atomic E-state index is 13.9. The number of ether oxygens (including phenoxy) is 1. The zero-order valence-electron chi connectivity index (χ0n) is 22.4. The molecule has 1 N–H and O–H groups in total. The number of nitrogens with zero attached hydrogens (tertiary/aromatic N) is 4. The van der Waals surface area contributed by atoms with Gasteiger partial charge in [-0.2, -0.15) is 0 Å². The maximum Gasteiger partial charge on any atom is 0.247 e. The van der Waals surface area contributed by atoms with Gasteiger partial charge in [0, 0.05) is 39.2 Å². The molecule has 1 saturated carbocycles. The van der Waals surface area contributed by atoms with Gasteiger partial charge in [0.05, 0.1) is 12.3 Å². The Morgan fingerprint density at radius 1 is 1.16 bits per heavy atom. The molecule has 0 spiro atoms. The minimum Gasteiger partial charge on any atom is -0.381 e. The van der Waals surface area contributed by atoms with Crippen molar-refractivity contribution in [2.75, 3.05) is 37.0 Å². The summed E-state index contributed by atoms with van der Waals surface area (Å²) in [6.07, 6.45) is 3.52. The Bertz CT molecular complexity index is 1170. The number of rotatable bonds is 8. The van der Waals surface area contributed by atoms with Crippen LogP contribution in [0.4, 0.5) is 24.7 Å². The Morgan fingerprint density at radius 3 is 2.50 bits per heavy atom. The topological polar surface area (TPSA) is 70.6 Å². The second-order valence-electron chi connectivity index (χ2n) is 11.4. The van der Waals surface area contributed by atoms with Crippen molar-refractivity contribution in [1.29, 1.82) is 0 Å². The molecule has 3 aliphatic rings. The first kappa shape index (κ1) is 26.9. The summed E-state index contributed by atoms with van der Waals surface area (Å²) in [5.41, 5.74) is 1.86. The number of aromatic nitrogens is 2. The number of nitrogens with one attached hydrogen (secondary N) is 1. The molecule has 38 heavy (non-hydrogen) atoms. The lowest BCUT2D eigenvalue weighted by Gasteiger charge is -2.44. The number of carbonyl (C=O) groups is 1. The minimum atomic E-state index is -1.43. The Labute approximate surface area is 221 Å². The molecule has 2 aliphatic heterocycles. The molecule has 1 saturated heterocycles. The second kappa shape index (κ2) is 10.8. The smallest absolute Gasteiger partial charge is 0.247 e. The van der Waals surface area contributed by atoms with Crippen molar-refractivity contribution >= 4 is 17.4 Å². The van der Waals surface area contributed by atoms with E-state index < -0.39 is 17.5 Å². The van der Waals surface area contributed by atoms with Gasteiger partial charge in [-0.1, -0.05) is 13.8 Å². The van der Waals surface area contributed by atoms with Crippen LogP contribution < -0.4 is 10.2 Å². The molecular weight excluding hydrogens is 495 g/mol. The first-order valence-electron chi connectivity index (χ1n) is 13.5. The fraction of sp³-hybridized carbons (Fsp3) is 0.607. The first-order chi connectivity index (χ1) is 18.1. The summed E-state index contributed by atoms with van der Waals surface area (Å²) < 4.78 is 46.8. The Morgan fingerprint density at radius 2 is 1.87 bits per heavy atom. The third kappa shape index (κ3) is 5.38. The minimum absolute atomic E-state index is 0.0371. The highest BCUT2D eigenvalue weighted by atomic mass is 19.2. The van der Waals surface area contributed by atoms with Crippen LogP contribution in [0.25, 0.3) is 0 Å². The van der Waals surface area contributed by atoms with Gasteiger partial charge >= 0.3 is 0 Å². The predicted octanol–water partition coefficient (Wildman–Crippen LogP) is 4.48. The first-order valence-corrected chi connectivity index (χ1v) is 13.5. The van der Waals surface area contributed by atoms with E-state index in [0.717, 1.165) is 68.3 Å². The van der Waals surface area contributed by atoms with Crippen molar-refractivity contribution in [3.05, 3.63) is 46.7 Å². The fourth-order valence-corrected chi connectivity index (χ4v) is 6.12. The second-order valence-corrected chi connectivity index (χ2v) is 11.4. The van der Waals surface area contributed by atoms with E-state index in [9.17, 15) is 18.0 Å². The van der Waals surface area contributed by atoms with Crippen molar-refractivity contribution in [3.63, 3.8) is 0 Å². The van der Waals surface area contributed by atoms with E-state index in [1.54, 1.807) is 0 Å². The van der Waals surface area contributed by atoms with Gasteiger partial charge < -0.3 is 15.0 Å². The number of likely N-dealkylation sites (N-methyl/N-ethyl adjacent to an activating group) is 1. The number of carbonyl (C=O) groups excluding carboxylic acids is 1. The Hall–Kier alpha value is -2.72. The maximum atomic E-state index is 13.9. The molecule has 206 valence electrons. The monoisotopic (exact) mass is 531 g/mol. The van der Waals surface area contributed by atoms with Crippen LogP contribution >= 0.6 is 0 Å². The average Bonchev–Trinajstić information content (AvgIpc) is 3.33. The molecule has 2 fully saturated rings. The Kier molecular flexibility index (Phi) is 7.64. The van der Waals surface area contributed by atoms with Crippen LogP contribution in [-0.4, -0.2) is 59.7 Å². The fourth-order valence-electron chi connectivity index (χ4n) is 6.12. The van der Waals surface area contributed by atoms with Gasteiger partial charge in [0.25, 0.3) is 0 Å². The van der Waals surface area contributed by atoms with E-state index in [4.69, 9.17) is 14.7 Å². The van der Waals surface area contributed by atoms with Gasteiger partial charge in [-0.05, 0) is 61.6 Å². The molecule has 7 nitrogen and oxygen atoms in total. The van der Waals surface area contributed by atoms with Crippen LogP contribution in [0.3, 0.4) is 0 Å². The van der Waals surface area contributed by atoms with Gasteiger partial charge in [-0.3, -0.25) is 9.69 Å². The van der Waals surface area contributed by atoms with Crippen LogP contribution in [-0.2, 0) is 22.5 Å². The van der Waals surface area contributed by atoms with Crippen molar-refractivity contribution in [3.8, 4) is 0 Å². The molecule has 5 rings (SSSR count). The molecule has 1 unspecified atom stereocenters. The summed E-state index contributed by atoms with van der Waals surface area (Å²) in [6, 6.07) is 2.15. The van der Waals surface area contributed by atoms with Crippen LogP contribution in [0.1, 0.15) is 50.2 Å². The molecular formula is C28H36F3N5O2. The van der Waals surface area contributed by atoms with Gasteiger partial charge in [-0.25, -0.2) is 23.1 Å². The van der Waals surface area contributed by atoms with Crippen LogP contribution in [0.5, 0.6) is 0 Å². The molecule has 2 aromatic rings. The highest BCUT2D eigenvalue weighted by molar-refractivity contribution is 6.03. The summed E-state index contributed by atoms with van der Waals surface area (Å²) >= 11 is 0. The molecule has 1 amide bonds. The summed E-state index contributed by atoms with van der Waals surface area (Å²) in [5, 5.41) is 2.99. The predicted molar refractivity (Wildman–Crippen MR) is 138 cm³/mol. The molecule has 10 heteroatoms. The number of hydrogen-bond donors (Lipinski definition) is 1. The quantitative estimate of drug-likeness (QED) is 0.507. The number of amides is 1. The Balaban J connectivity index is 1.27.